The quantitative estimate of drug-likeness (QED) is 0.356. The fourth-order valence-corrected chi connectivity index (χ4v) is 2.88. The van der Waals surface area contributed by atoms with Crippen molar-refractivity contribution in [2.24, 2.45) is 0 Å². The molecule has 5 nitrogen and oxygen atoms in total. The Hall–Kier alpha value is -2.14. The molecule has 0 spiro atoms. The van der Waals surface area contributed by atoms with Crippen molar-refractivity contribution in [2.75, 3.05) is 0 Å². The summed E-state index contributed by atoms with van der Waals surface area (Å²) >= 11 is 0. The van der Waals surface area contributed by atoms with Gasteiger partial charge in [-0.15, -0.1) is 6.58 Å². The van der Waals surface area contributed by atoms with Crippen molar-refractivity contribution in [3.8, 4) is 0 Å². The third-order valence-electron chi connectivity index (χ3n) is 4.24. The van der Waals surface area contributed by atoms with Crippen LogP contribution < -0.4 is 0 Å². The number of rotatable bonds is 12. The van der Waals surface area contributed by atoms with Crippen LogP contribution in [0.2, 0.25) is 0 Å². The molecule has 0 heterocycles. The van der Waals surface area contributed by atoms with Gasteiger partial charge in [0.25, 0.3) is 0 Å². The molecular formula is C24H38O5. The molecule has 164 valence electrons. The van der Waals surface area contributed by atoms with Crippen molar-refractivity contribution in [2.45, 2.75) is 92.0 Å². The van der Waals surface area contributed by atoms with E-state index in [0.29, 0.717) is 6.42 Å². The van der Waals surface area contributed by atoms with Crippen LogP contribution in [0.25, 0.3) is 0 Å². The highest BCUT2D eigenvalue weighted by Gasteiger charge is 2.23. The second-order valence-electron chi connectivity index (χ2n) is 8.11. The number of carbonyl (C=O) groups is 2. The number of hydrogen-bond acceptors (Lipinski definition) is 5. The molecule has 0 fully saturated rings. The van der Waals surface area contributed by atoms with Gasteiger partial charge < -0.3 is 14.6 Å². The van der Waals surface area contributed by atoms with Crippen LogP contribution in [-0.2, 0) is 19.1 Å². The Morgan fingerprint density at radius 3 is 1.97 bits per heavy atom. The fraction of sp³-hybridized carbons (Fsp3) is 0.583. The molecule has 0 aromatic heterocycles. The molecule has 0 rings (SSSR count). The van der Waals surface area contributed by atoms with Crippen LogP contribution in [0.1, 0.15) is 74.1 Å². The average Bonchev–Trinajstić information content (AvgIpc) is 2.52. The molecule has 0 radical (unpaired) electrons. The SMILES string of the molecule is C=C[C@@](C)(O)C[C@@H](/C=C(\C)C[C@H](/C=C(\C)CCC=C(C)C)OC(C)=O)OC(C)=O. The predicted molar refractivity (Wildman–Crippen MR) is 117 cm³/mol. The highest BCUT2D eigenvalue weighted by Crippen LogP contribution is 2.21. The lowest BCUT2D eigenvalue weighted by molar-refractivity contribution is -0.146. The lowest BCUT2D eigenvalue weighted by Crippen LogP contribution is -2.29. The number of carbonyl (C=O) groups excluding carboxylic acids is 2. The van der Waals surface area contributed by atoms with Gasteiger partial charge in [-0.2, -0.15) is 0 Å². The molecule has 0 bridgehead atoms. The van der Waals surface area contributed by atoms with Crippen molar-refractivity contribution in [3.05, 3.63) is 47.6 Å². The fourth-order valence-electron chi connectivity index (χ4n) is 2.88. The molecule has 0 aliphatic heterocycles. The van der Waals surface area contributed by atoms with Gasteiger partial charge in [-0.1, -0.05) is 28.9 Å². The van der Waals surface area contributed by atoms with E-state index in [0.717, 1.165) is 24.0 Å². The Labute approximate surface area is 176 Å². The topological polar surface area (TPSA) is 72.8 Å². The monoisotopic (exact) mass is 406 g/mol. The van der Waals surface area contributed by atoms with Crippen molar-refractivity contribution in [3.63, 3.8) is 0 Å². The molecule has 0 saturated carbocycles. The first kappa shape index (κ1) is 26.9. The molecule has 0 amide bonds. The normalized spacial score (nSPS) is 16.3. The Balaban J connectivity index is 5.35. The minimum atomic E-state index is -1.16. The van der Waals surface area contributed by atoms with Crippen LogP contribution in [0.15, 0.2) is 47.6 Å². The first-order valence-electron chi connectivity index (χ1n) is 10.0. The predicted octanol–water partition coefficient (Wildman–Crippen LogP) is 5.21. The van der Waals surface area contributed by atoms with E-state index in [4.69, 9.17) is 9.47 Å². The van der Waals surface area contributed by atoms with E-state index >= 15 is 0 Å². The van der Waals surface area contributed by atoms with Gasteiger partial charge in [-0.25, -0.2) is 0 Å². The van der Waals surface area contributed by atoms with E-state index in [-0.39, 0.29) is 12.4 Å². The van der Waals surface area contributed by atoms with Crippen molar-refractivity contribution in [1.29, 1.82) is 0 Å². The van der Waals surface area contributed by atoms with Crippen molar-refractivity contribution in [1.82, 2.24) is 0 Å². The van der Waals surface area contributed by atoms with Gasteiger partial charge in [0.2, 0.25) is 0 Å². The van der Waals surface area contributed by atoms with Gasteiger partial charge in [0.05, 0.1) is 5.60 Å². The van der Waals surface area contributed by atoms with Gasteiger partial charge in [0, 0.05) is 26.7 Å². The summed E-state index contributed by atoms with van der Waals surface area (Å²) in [5, 5.41) is 10.2. The van der Waals surface area contributed by atoms with Gasteiger partial charge in [0.15, 0.2) is 0 Å². The van der Waals surface area contributed by atoms with Crippen LogP contribution in [0.4, 0.5) is 0 Å². The maximum absolute atomic E-state index is 11.5. The van der Waals surface area contributed by atoms with Crippen LogP contribution in [0, 0.1) is 0 Å². The maximum Gasteiger partial charge on any atom is 0.303 e. The molecule has 0 aliphatic rings. The molecule has 1 N–H and O–H groups in total. The number of hydrogen-bond donors (Lipinski definition) is 1. The van der Waals surface area contributed by atoms with Crippen LogP contribution in [0.3, 0.4) is 0 Å². The maximum atomic E-state index is 11.5. The minimum absolute atomic E-state index is 0.198. The second-order valence-corrected chi connectivity index (χ2v) is 8.11. The number of esters is 2. The van der Waals surface area contributed by atoms with E-state index in [9.17, 15) is 14.7 Å². The summed E-state index contributed by atoms with van der Waals surface area (Å²) in [7, 11) is 0. The summed E-state index contributed by atoms with van der Waals surface area (Å²) in [6.07, 6.45) is 8.89. The Morgan fingerprint density at radius 1 is 0.966 bits per heavy atom. The molecule has 5 heteroatoms. The minimum Gasteiger partial charge on any atom is -0.458 e. The summed E-state index contributed by atoms with van der Waals surface area (Å²) < 4.78 is 10.8. The smallest absolute Gasteiger partial charge is 0.303 e. The van der Waals surface area contributed by atoms with Crippen LogP contribution in [-0.4, -0.2) is 34.9 Å². The third kappa shape index (κ3) is 14.5. The van der Waals surface area contributed by atoms with Crippen LogP contribution in [0.5, 0.6) is 0 Å². The zero-order valence-corrected chi connectivity index (χ0v) is 19.1. The Morgan fingerprint density at radius 2 is 1.48 bits per heavy atom. The van der Waals surface area contributed by atoms with E-state index in [1.54, 1.807) is 13.0 Å². The molecule has 0 aromatic rings. The molecule has 0 unspecified atom stereocenters. The van der Waals surface area contributed by atoms with E-state index in [2.05, 4.69) is 26.5 Å². The lowest BCUT2D eigenvalue weighted by Gasteiger charge is -2.24. The molecule has 0 aromatic carbocycles. The summed E-state index contributed by atoms with van der Waals surface area (Å²) in [6, 6.07) is 0. The number of aliphatic hydroxyl groups is 1. The molecule has 0 saturated heterocycles. The molecular weight excluding hydrogens is 368 g/mol. The lowest BCUT2D eigenvalue weighted by atomic mass is 9.96. The van der Waals surface area contributed by atoms with Gasteiger partial charge in [-0.3, -0.25) is 9.59 Å². The van der Waals surface area contributed by atoms with E-state index in [1.165, 1.54) is 25.5 Å². The molecule has 3 atom stereocenters. The average molecular weight is 407 g/mol. The van der Waals surface area contributed by atoms with Gasteiger partial charge >= 0.3 is 11.9 Å². The summed E-state index contributed by atoms with van der Waals surface area (Å²) in [5.74, 6) is -0.771. The highest BCUT2D eigenvalue weighted by atomic mass is 16.5. The van der Waals surface area contributed by atoms with Crippen LogP contribution >= 0.6 is 0 Å². The van der Waals surface area contributed by atoms with Crippen molar-refractivity contribution >= 4 is 11.9 Å². The number of allylic oxidation sites excluding steroid dienone is 3. The Kier molecular flexibility index (Phi) is 12.2. The van der Waals surface area contributed by atoms with Crippen molar-refractivity contribution < 1.29 is 24.2 Å². The number of ether oxygens (including phenoxy) is 2. The van der Waals surface area contributed by atoms with Gasteiger partial charge in [0.1, 0.15) is 12.2 Å². The first-order valence-corrected chi connectivity index (χ1v) is 10.0. The zero-order chi connectivity index (χ0) is 22.6. The third-order valence-corrected chi connectivity index (χ3v) is 4.24. The summed E-state index contributed by atoms with van der Waals surface area (Å²) in [4.78, 5) is 22.9. The van der Waals surface area contributed by atoms with E-state index in [1.807, 2.05) is 19.9 Å². The zero-order valence-electron chi connectivity index (χ0n) is 19.1. The van der Waals surface area contributed by atoms with E-state index < -0.39 is 23.8 Å². The van der Waals surface area contributed by atoms with Gasteiger partial charge in [-0.05, 0) is 59.6 Å². The molecule has 0 aliphatic carbocycles. The largest absolute Gasteiger partial charge is 0.458 e. The Bertz CT molecular complexity index is 648. The first-order chi connectivity index (χ1) is 13.3. The highest BCUT2D eigenvalue weighted by molar-refractivity contribution is 5.66. The summed E-state index contributed by atoms with van der Waals surface area (Å²) in [6.45, 7) is 16.0. The second kappa shape index (κ2) is 13.2. The molecule has 29 heavy (non-hydrogen) atoms. The standard InChI is InChI=1S/C24H38O5/c1-9-24(8,27)16-23(29-21(7)26)15-19(5)14-22(28-20(6)25)13-18(4)12-10-11-17(2)3/h9,11,13,15,22-23,27H,1,10,12,14,16H2,2-8H3/b18-13+,19-15+/t22-,23+,24+/m0/s1. The summed E-state index contributed by atoms with van der Waals surface area (Å²) in [5.41, 5.74) is 2.16.